The van der Waals surface area contributed by atoms with Crippen molar-refractivity contribution in [1.82, 2.24) is 9.97 Å². The zero-order valence-electron chi connectivity index (χ0n) is 16.0. The van der Waals surface area contributed by atoms with Gasteiger partial charge in [-0.15, -0.1) is 0 Å². The van der Waals surface area contributed by atoms with Crippen LogP contribution in [0.3, 0.4) is 0 Å². The van der Waals surface area contributed by atoms with Gasteiger partial charge in [-0.25, -0.2) is 4.98 Å². The van der Waals surface area contributed by atoms with Crippen LogP contribution in [-0.4, -0.2) is 24.2 Å². The fourth-order valence-corrected chi connectivity index (χ4v) is 2.84. The minimum atomic E-state index is 0.538. The van der Waals surface area contributed by atoms with Gasteiger partial charge in [0.2, 0.25) is 5.95 Å². The molecule has 0 aliphatic rings. The predicted octanol–water partition coefficient (Wildman–Crippen LogP) is 4.85. The van der Waals surface area contributed by atoms with E-state index < -0.39 is 0 Å². The molecule has 2 N–H and O–H groups in total. The van der Waals surface area contributed by atoms with Crippen molar-refractivity contribution >= 4 is 23.1 Å². The third kappa shape index (κ3) is 4.28. The third-order valence-electron chi connectivity index (χ3n) is 4.30. The number of aromatic nitrogens is 2. The van der Waals surface area contributed by atoms with Crippen LogP contribution in [-0.2, 0) is 6.42 Å². The van der Waals surface area contributed by atoms with Gasteiger partial charge in [0, 0.05) is 18.0 Å². The summed E-state index contributed by atoms with van der Waals surface area (Å²) >= 11 is 0. The first-order chi connectivity index (χ1) is 13.1. The summed E-state index contributed by atoms with van der Waals surface area (Å²) in [5, 5.41) is 6.62. The van der Waals surface area contributed by atoms with Crippen LogP contribution in [0.4, 0.5) is 23.1 Å². The zero-order valence-corrected chi connectivity index (χ0v) is 16.0. The van der Waals surface area contributed by atoms with E-state index in [1.54, 1.807) is 20.4 Å². The van der Waals surface area contributed by atoms with E-state index in [0.29, 0.717) is 17.5 Å². The Morgan fingerprint density at radius 1 is 1.00 bits per heavy atom. The van der Waals surface area contributed by atoms with Crippen molar-refractivity contribution in [3.63, 3.8) is 0 Å². The van der Waals surface area contributed by atoms with Crippen molar-refractivity contribution in [2.45, 2.75) is 20.3 Å². The van der Waals surface area contributed by atoms with E-state index in [9.17, 15) is 0 Å². The molecule has 6 nitrogen and oxygen atoms in total. The van der Waals surface area contributed by atoms with E-state index >= 15 is 0 Å². The second-order valence-electron chi connectivity index (χ2n) is 6.04. The van der Waals surface area contributed by atoms with E-state index in [0.717, 1.165) is 29.1 Å². The average Bonchev–Trinajstić information content (AvgIpc) is 2.70. The Bertz CT molecular complexity index is 928. The highest BCUT2D eigenvalue weighted by molar-refractivity contribution is 5.68. The maximum absolute atomic E-state index is 5.43. The number of aryl methyl sites for hydroxylation is 2. The number of hydrogen-bond donors (Lipinski definition) is 2. The van der Waals surface area contributed by atoms with E-state index in [1.807, 2.05) is 24.3 Å². The Kier molecular flexibility index (Phi) is 5.76. The van der Waals surface area contributed by atoms with E-state index in [1.165, 1.54) is 5.56 Å². The number of anilines is 4. The maximum atomic E-state index is 5.43. The van der Waals surface area contributed by atoms with Gasteiger partial charge < -0.3 is 20.1 Å². The molecular weight excluding hydrogens is 340 g/mol. The smallest absolute Gasteiger partial charge is 0.229 e. The molecule has 27 heavy (non-hydrogen) atoms. The summed E-state index contributed by atoms with van der Waals surface area (Å²) < 4.78 is 10.7. The molecule has 0 radical (unpaired) electrons. The third-order valence-corrected chi connectivity index (χ3v) is 4.30. The van der Waals surface area contributed by atoms with Gasteiger partial charge in [-0.1, -0.05) is 25.1 Å². The molecule has 6 heteroatoms. The highest BCUT2D eigenvalue weighted by atomic mass is 16.5. The summed E-state index contributed by atoms with van der Waals surface area (Å²) in [7, 11) is 3.25. The van der Waals surface area contributed by atoms with Gasteiger partial charge in [-0.3, -0.25) is 0 Å². The van der Waals surface area contributed by atoms with Gasteiger partial charge in [0.05, 0.1) is 19.9 Å². The molecule has 0 saturated carbocycles. The first-order valence-electron chi connectivity index (χ1n) is 8.82. The molecule has 0 unspecified atom stereocenters. The molecule has 0 atom stereocenters. The quantitative estimate of drug-likeness (QED) is 0.624. The first kappa shape index (κ1) is 18.5. The first-order valence-corrected chi connectivity index (χ1v) is 8.82. The highest BCUT2D eigenvalue weighted by Crippen LogP contribution is 2.31. The number of ether oxygens (including phenoxy) is 2. The summed E-state index contributed by atoms with van der Waals surface area (Å²) in [5.41, 5.74) is 4.24. The van der Waals surface area contributed by atoms with Crippen molar-refractivity contribution in [2.24, 2.45) is 0 Å². The molecule has 2 aromatic carbocycles. The van der Waals surface area contributed by atoms with Crippen molar-refractivity contribution < 1.29 is 9.47 Å². The molecule has 0 saturated heterocycles. The van der Waals surface area contributed by atoms with Crippen LogP contribution in [0.1, 0.15) is 18.1 Å². The normalized spacial score (nSPS) is 10.4. The van der Waals surface area contributed by atoms with Gasteiger partial charge in [-0.2, -0.15) is 4.98 Å². The lowest BCUT2D eigenvalue weighted by Crippen LogP contribution is -2.04. The molecule has 0 aliphatic heterocycles. The Labute approximate surface area is 159 Å². The summed E-state index contributed by atoms with van der Waals surface area (Å²) in [6.45, 7) is 4.21. The van der Waals surface area contributed by atoms with Gasteiger partial charge >= 0.3 is 0 Å². The molecular formula is C21H24N4O2. The fourth-order valence-electron chi connectivity index (χ4n) is 2.84. The lowest BCUT2D eigenvalue weighted by molar-refractivity contribution is 0.395. The van der Waals surface area contributed by atoms with Crippen LogP contribution < -0.4 is 20.1 Å². The Morgan fingerprint density at radius 2 is 1.85 bits per heavy atom. The average molecular weight is 364 g/mol. The van der Waals surface area contributed by atoms with Gasteiger partial charge in [-0.05, 0) is 42.7 Å². The van der Waals surface area contributed by atoms with Gasteiger partial charge in [0.1, 0.15) is 17.3 Å². The molecule has 3 aromatic rings. The fraction of sp³-hybridized carbons (Fsp3) is 0.238. The number of rotatable bonds is 7. The second kappa shape index (κ2) is 8.40. The maximum Gasteiger partial charge on any atom is 0.229 e. The molecule has 0 fully saturated rings. The molecule has 3 rings (SSSR count). The van der Waals surface area contributed by atoms with Gasteiger partial charge in [0.15, 0.2) is 0 Å². The van der Waals surface area contributed by atoms with E-state index in [4.69, 9.17) is 9.47 Å². The second-order valence-corrected chi connectivity index (χ2v) is 6.04. The van der Waals surface area contributed by atoms with Crippen LogP contribution >= 0.6 is 0 Å². The molecule has 0 spiro atoms. The topological polar surface area (TPSA) is 68.3 Å². The highest BCUT2D eigenvalue weighted by Gasteiger charge is 2.09. The standard InChI is InChI=1S/C21H24N4O2/c1-5-15-8-6-7-14(2)20(15)25-21-22-12-11-19(24-21)23-17-10-9-16(26-3)13-18(17)27-4/h6-13H,5H2,1-4H3,(H2,22,23,24,25). The van der Waals surface area contributed by atoms with Crippen LogP contribution in [0, 0.1) is 6.92 Å². The van der Waals surface area contributed by atoms with Crippen molar-refractivity contribution in [1.29, 1.82) is 0 Å². The number of methoxy groups -OCH3 is 2. The van der Waals surface area contributed by atoms with Crippen LogP contribution in [0.25, 0.3) is 0 Å². The lowest BCUT2D eigenvalue weighted by atomic mass is 10.1. The van der Waals surface area contributed by atoms with Crippen molar-refractivity contribution in [3.05, 3.63) is 59.8 Å². The summed E-state index contributed by atoms with van der Waals surface area (Å²) in [6.07, 6.45) is 2.66. The molecule has 0 bridgehead atoms. The van der Waals surface area contributed by atoms with Crippen molar-refractivity contribution in [2.75, 3.05) is 24.9 Å². The molecule has 140 valence electrons. The minimum Gasteiger partial charge on any atom is -0.497 e. The largest absolute Gasteiger partial charge is 0.497 e. The number of hydrogen-bond acceptors (Lipinski definition) is 6. The molecule has 0 aliphatic carbocycles. The van der Waals surface area contributed by atoms with E-state index in [-0.39, 0.29) is 0 Å². The number of benzene rings is 2. The minimum absolute atomic E-state index is 0.538. The van der Waals surface area contributed by atoms with Crippen LogP contribution in [0.2, 0.25) is 0 Å². The summed E-state index contributed by atoms with van der Waals surface area (Å²) in [5.74, 6) is 2.61. The van der Waals surface area contributed by atoms with Gasteiger partial charge in [0.25, 0.3) is 0 Å². The molecule has 1 heterocycles. The summed E-state index contributed by atoms with van der Waals surface area (Å²) in [4.78, 5) is 8.93. The zero-order chi connectivity index (χ0) is 19.2. The monoisotopic (exact) mass is 364 g/mol. The lowest BCUT2D eigenvalue weighted by Gasteiger charge is -2.14. The Balaban J connectivity index is 1.85. The number of nitrogens with one attached hydrogen (secondary N) is 2. The van der Waals surface area contributed by atoms with Crippen molar-refractivity contribution in [3.8, 4) is 11.5 Å². The summed E-state index contributed by atoms with van der Waals surface area (Å²) in [6, 6.07) is 13.6. The van der Waals surface area contributed by atoms with Crippen LogP contribution in [0.5, 0.6) is 11.5 Å². The number of para-hydroxylation sites is 1. The van der Waals surface area contributed by atoms with E-state index in [2.05, 4.69) is 52.6 Å². The predicted molar refractivity (Wildman–Crippen MR) is 109 cm³/mol. The SMILES string of the molecule is CCc1cccc(C)c1Nc1nccc(Nc2ccc(OC)cc2OC)n1. The Hall–Kier alpha value is -3.28. The Morgan fingerprint density at radius 3 is 2.59 bits per heavy atom. The number of nitrogens with zero attached hydrogens (tertiary/aromatic N) is 2. The van der Waals surface area contributed by atoms with Crippen LogP contribution in [0.15, 0.2) is 48.7 Å². The molecule has 1 aromatic heterocycles. The molecule has 0 amide bonds.